The second-order valence-corrected chi connectivity index (χ2v) is 9.38. The van der Waals surface area contributed by atoms with Gasteiger partial charge >= 0.3 is 5.69 Å². The number of nitrogens with zero attached hydrogens (tertiary/aromatic N) is 3. The van der Waals surface area contributed by atoms with Crippen molar-refractivity contribution in [1.29, 1.82) is 0 Å². The molecule has 3 rings (SSSR count). The van der Waals surface area contributed by atoms with Crippen LogP contribution in [0.1, 0.15) is 62.7 Å². The molecule has 2 aromatic rings. The van der Waals surface area contributed by atoms with Crippen LogP contribution in [0, 0.1) is 5.92 Å². The summed E-state index contributed by atoms with van der Waals surface area (Å²) in [5.41, 5.74) is 5.58. The third-order valence-electron chi connectivity index (χ3n) is 6.37. The average molecular weight is 504 g/mol. The number of hydrogen-bond acceptors (Lipinski definition) is 5. The summed E-state index contributed by atoms with van der Waals surface area (Å²) < 4.78 is 1.32. The van der Waals surface area contributed by atoms with Crippen molar-refractivity contribution in [2.24, 2.45) is 5.92 Å². The fraction of sp³-hybridized carbons (Fsp3) is 0.520. The fourth-order valence-corrected chi connectivity index (χ4v) is 4.51. The molecule has 0 spiro atoms. The summed E-state index contributed by atoms with van der Waals surface area (Å²) in [5, 5.41) is 0.544. The Morgan fingerprint density at radius 3 is 2.49 bits per heavy atom. The minimum absolute atomic E-state index is 0.00144. The van der Waals surface area contributed by atoms with E-state index in [1.807, 2.05) is 13.8 Å². The summed E-state index contributed by atoms with van der Waals surface area (Å²) in [6.07, 6.45) is 4.29. The van der Waals surface area contributed by atoms with Gasteiger partial charge in [0.05, 0.1) is 5.92 Å². The van der Waals surface area contributed by atoms with Gasteiger partial charge in [-0.2, -0.15) is 0 Å². The van der Waals surface area contributed by atoms with E-state index in [4.69, 9.17) is 17.3 Å². The van der Waals surface area contributed by atoms with E-state index in [1.54, 1.807) is 29.2 Å². The quantitative estimate of drug-likeness (QED) is 0.544. The first kappa shape index (κ1) is 26.5. The van der Waals surface area contributed by atoms with E-state index in [-0.39, 0.29) is 29.9 Å². The molecule has 1 saturated heterocycles. The molecule has 1 aliphatic rings. The molecule has 0 saturated carbocycles. The smallest absolute Gasteiger partial charge is 0.330 e. The topological polar surface area (TPSA) is 121 Å². The third-order valence-corrected chi connectivity index (χ3v) is 6.62. The van der Waals surface area contributed by atoms with Crippen molar-refractivity contribution in [3.63, 3.8) is 0 Å². The number of carbonyl (C=O) groups excluding carboxylic acids is 2. The van der Waals surface area contributed by atoms with E-state index in [1.165, 1.54) is 9.47 Å². The van der Waals surface area contributed by atoms with Gasteiger partial charge in [-0.05, 0) is 49.9 Å². The number of nitrogens with two attached hydrogens (primary N) is 1. The SMILES string of the molecule is CCCCN(C(=O)[C@@H]1CCCN(C(=O)c2ccc(Cl)cc2)C1)c1c(N)n(CCCC)c(=O)[nH]c1=O. The van der Waals surface area contributed by atoms with Crippen molar-refractivity contribution in [2.45, 2.75) is 58.9 Å². The van der Waals surface area contributed by atoms with Crippen LogP contribution in [-0.2, 0) is 11.3 Å². The van der Waals surface area contributed by atoms with Crippen molar-refractivity contribution in [1.82, 2.24) is 14.5 Å². The number of nitrogens with one attached hydrogen (secondary N) is 1. The first-order valence-electron chi connectivity index (χ1n) is 12.3. The molecule has 9 nitrogen and oxygen atoms in total. The van der Waals surface area contributed by atoms with Gasteiger partial charge in [-0.25, -0.2) is 4.79 Å². The molecule has 0 unspecified atom stereocenters. The number of unbranched alkanes of at least 4 members (excludes halogenated alkanes) is 2. The molecular weight excluding hydrogens is 470 g/mol. The number of piperidine rings is 1. The Morgan fingerprint density at radius 2 is 1.83 bits per heavy atom. The van der Waals surface area contributed by atoms with Crippen LogP contribution >= 0.6 is 11.6 Å². The summed E-state index contributed by atoms with van der Waals surface area (Å²) >= 11 is 5.94. The Bertz CT molecular complexity index is 1160. The lowest BCUT2D eigenvalue weighted by Crippen LogP contribution is -2.49. The molecule has 35 heavy (non-hydrogen) atoms. The van der Waals surface area contributed by atoms with Crippen LogP contribution < -0.4 is 21.9 Å². The van der Waals surface area contributed by atoms with E-state index in [0.29, 0.717) is 55.9 Å². The highest BCUT2D eigenvalue weighted by atomic mass is 35.5. The van der Waals surface area contributed by atoms with E-state index < -0.39 is 17.2 Å². The van der Waals surface area contributed by atoms with E-state index in [0.717, 1.165) is 12.8 Å². The summed E-state index contributed by atoms with van der Waals surface area (Å²) in [5.74, 6) is -0.900. The number of aromatic amines is 1. The van der Waals surface area contributed by atoms with Crippen LogP contribution in [0.25, 0.3) is 0 Å². The molecule has 0 radical (unpaired) electrons. The number of amides is 2. The molecule has 1 fully saturated rings. The van der Waals surface area contributed by atoms with Crippen molar-refractivity contribution in [3.8, 4) is 0 Å². The highest BCUT2D eigenvalue weighted by Gasteiger charge is 2.34. The number of likely N-dealkylation sites (tertiary alicyclic amines) is 1. The van der Waals surface area contributed by atoms with Crippen molar-refractivity contribution in [2.75, 3.05) is 30.3 Å². The molecular formula is C25H34ClN5O4. The van der Waals surface area contributed by atoms with Crippen LogP contribution in [-0.4, -0.2) is 45.9 Å². The van der Waals surface area contributed by atoms with E-state index in [9.17, 15) is 19.2 Å². The minimum atomic E-state index is -0.672. The fourth-order valence-electron chi connectivity index (χ4n) is 4.38. The van der Waals surface area contributed by atoms with Gasteiger partial charge in [0.1, 0.15) is 5.82 Å². The maximum Gasteiger partial charge on any atom is 0.330 e. The number of nitrogen functional groups attached to an aromatic ring is 1. The first-order valence-corrected chi connectivity index (χ1v) is 12.6. The van der Waals surface area contributed by atoms with Gasteiger partial charge < -0.3 is 15.5 Å². The zero-order chi connectivity index (χ0) is 25.5. The van der Waals surface area contributed by atoms with Crippen LogP contribution in [0.3, 0.4) is 0 Å². The number of carbonyl (C=O) groups is 2. The van der Waals surface area contributed by atoms with Gasteiger partial charge in [0, 0.05) is 36.8 Å². The maximum absolute atomic E-state index is 13.7. The Hall–Kier alpha value is -3.07. The Labute approximate surface area is 209 Å². The summed E-state index contributed by atoms with van der Waals surface area (Å²) in [6.45, 7) is 5.43. The predicted molar refractivity (Wildman–Crippen MR) is 138 cm³/mol. The highest BCUT2D eigenvalue weighted by Crippen LogP contribution is 2.26. The third kappa shape index (κ3) is 6.14. The van der Waals surface area contributed by atoms with Gasteiger partial charge in [0.25, 0.3) is 11.5 Å². The van der Waals surface area contributed by atoms with Gasteiger partial charge in [-0.3, -0.25) is 23.9 Å². The van der Waals surface area contributed by atoms with Crippen LogP contribution in [0.5, 0.6) is 0 Å². The second-order valence-electron chi connectivity index (χ2n) is 8.94. The van der Waals surface area contributed by atoms with Gasteiger partial charge in [0.2, 0.25) is 5.91 Å². The largest absolute Gasteiger partial charge is 0.383 e. The number of anilines is 2. The zero-order valence-corrected chi connectivity index (χ0v) is 21.1. The molecule has 2 amide bonds. The van der Waals surface area contributed by atoms with Crippen LogP contribution in [0.4, 0.5) is 11.5 Å². The molecule has 10 heteroatoms. The number of benzene rings is 1. The number of rotatable bonds is 9. The molecule has 0 bridgehead atoms. The second kappa shape index (κ2) is 12.1. The normalized spacial score (nSPS) is 15.7. The molecule has 1 atom stereocenters. The van der Waals surface area contributed by atoms with Crippen molar-refractivity contribution >= 4 is 34.9 Å². The van der Waals surface area contributed by atoms with Gasteiger partial charge in [-0.1, -0.05) is 38.3 Å². The Balaban J connectivity index is 1.90. The zero-order valence-electron chi connectivity index (χ0n) is 20.4. The van der Waals surface area contributed by atoms with Crippen LogP contribution in [0.2, 0.25) is 5.02 Å². The summed E-state index contributed by atoms with van der Waals surface area (Å²) in [6, 6.07) is 6.67. The van der Waals surface area contributed by atoms with E-state index in [2.05, 4.69) is 4.98 Å². The molecule has 1 aliphatic heterocycles. The Morgan fingerprint density at radius 1 is 1.14 bits per heavy atom. The lowest BCUT2D eigenvalue weighted by Gasteiger charge is -2.35. The van der Waals surface area contributed by atoms with Crippen molar-refractivity contribution < 1.29 is 9.59 Å². The van der Waals surface area contributed by atoms with Crippen LogP contribution in [0.15, 0.2) is 33.9 Å². The number of H-pyrrole nitrogens is 1. The summed E-state index contributed by atoms with van der Waals surface area (Å²) in [7, 11) is 0. The maximum atomic E-state index is 13.7. The van der Waals surface area contributed by atoms with E-state index >= 15 is 0 Å². The standard InChI is InChI=1S/C25H34ClN5O4/c1-3-5-14-30(20-21(27)31(15-6-4-2)25(35)28-22(20)32)24(34)18-8-7-13-29(16-18)23(33)17-9-11-19(26)12-10-17/h9-12,18H,3-8,13-16,27H2,1-2H3,(H,28,32,35)/t18-/m1/s1. The first-order chi connectivity index (χ1) is 16.8. The van der Waals surface area contributed by atoms with Crippen molar-refractivity contribution in [3.05, 3.63) is 55.7 Å². The lowest BCUT2D eigenvalue weighted by molar-refractivity contribution is -0.123. The van der Waals surface area contributed by atoms with Gasteiger partial charge in [0.15, 0.2) is 5.69 Å². The predicted octanol–water partition coefficient (Wildman–Crippen LogP) is 3.26. The summed E-state index contributed by atoms with van der Waals surface area (Å²) in [4.78, 5) is 57.4. The number of aromatic nitrogens is 2. The molecule has 190 valence electrons. The molecule has 1 aromatic carbocycles. The lowest BCUT2D eigenvalue weighted by atomic mass is 9.95. The highest BCUT2D eigenvalue weighted by molar-refractivity contribution is 6.30. The molecule has 1 aromatic heterocycles. The molecule has 0 aliphatic carbocycles. The number of halogens is 1. The number of hydrogen-bond donors (Lipinski definition) is 2. The minimum Gasteiger partial charge on any atom is -0.383 e. The average Bonchev–Trinajstić information content (AvgIpc) is 2.85. The molecule has 3 N–H and O–H groups in total. The monoisotopic (exact) mass is 503 g/mol. The van der Waals surface area contributed by atoms with Gasteiger partial charge in [-0.15, -0.1) is 0 Å². The Kier molecular flexibility index (Phi) is 9.14. The molecule has 2 heterocycles.